The molecule has 1 heterocycles. The normalized spacial score (nSPS) is 18.2. The van der Waals surface area contributed by atoms with Gasteiger partial charge in [0.2, 0.25) is 5.13 Å². The number of hydrogen-bond acceptors (Lipinski definition) is 5. The van der Waals surface area contributed by atoms with Gasteiger partial charge in [-0.1, -0.05) is 23.5 Å². The van der Waals surface area contributed by atoms with Crippen LogP contribution in [0, 0.1) is 0 Å². The Balaban J connectivity index is 2.64. The summed E-state index contributed by atoms with van der Waals surface area (Å²) in [4.78, 5) is 6.03. The predicted octanol–water partition coefficient (Wildman–Crippen LogP) is 7.16. The van der Waals surface area contributed by atoms with Gasteiger partial charge >= 0.3 is 48.4 Å². The quantitative estimate of drug-likeness (QED) is 0.192. The van der Waals surface area contributed by atoms with Crippen LogP contribution < -0.4 is 5.73 Å². The average molecular weight is 627 g/mol. The van der Waals surface area contributed by atoms with E-state index in [2.05, 4.69) is 20.4 Å². The molecule has 0 saturated heterocycles. The van der Waals surface area contributed by atoms with Crippen molar-refractivity contribution in [1.29, 1.82) is 0 Å². The molecule has 2 N–H and O–H groups in total. The summed E-state index contributed by atoms with van der Waals surface area (Å²) in [6.07, 6.45) is -38.3. The lowest BCUT2D eigenvalue weighted by atomic mass is 10.2. The first-order valence-electron chi connectivity index (χ1n) is 8.95. The van der Waals surface area contributed by atoms with Crippen molar-refractivity contribution >= 4 is 32.5 Å². The van der Waals surface area contributed by atoms with Gasteiger partial charge < -0.3 is 5.73 Å². The van der Waals surface area contributed by atoms with Crippen LogP contribution in [-0.4, -0.2) is 59.2 Å². The van der Waals surface area contributed by atoms with Gasteiger partial charge in [-0.3, -0.25) is 9.47 Å². The van der Waals surface area contributed by atoms with Crippen LogP contribution in [-0.2, 0) is 9.47 Å². The Morgan fingerprint density at radius 2 is 1.21 bits per heavy atom. The Hall–Kier alpha value is -2.69. The van der Waals surface area contributed by atoms with Gasteiger partial charge in [-0.15, -0.1) is 0 Å². The van der Waals surface area contributed by atoms with E-state index in [1.54, 1.807) is 0 Å². The lowest BCUT2D eigenvalue weighted by Gasteiger charge is -2.40. The van der Waals surface area contributed by atoms with E-state index < -0.39 is 59.3 Å². The number of nitrogens with two attached hydrogens (primary N) is 1. The average Bonchev–Trinajstić information content (AvgIpc) is 3.12. The summed E-state index contributed by atoms with van der Waals surface area (Å²) in [6.45, 7) is 0. The van der Waals surface area contributed by atoms with Gasteiger partial charge in [0.05, 0.1) is 10.2 Å². The second-order valence-electron chi connectivity index (χ2n) is 6.96. The van der Waals surface area contributed by atoms with Crippen LogP contribution in [0.15, 0.2) is 29.3 Å². The van der Waals surface area contributed by atoms with Gasteiger partial charge in [0.25, 0.3) is 0 Å². The maximum Gasteiger partial charge on any atom is 0.462 e. The van der Waals surface area contributed by atoms with Gasteiger partial charge in [0, 0.05) is 0 Å². The number of benzene rings is 1. The van der Waals surface area contributed by atoms with E-state index >= 15 is 0 Å². The number of amidine groups is 1. The molecule has 0 aliphatic rings. The number of rotatable bonds is 8. The Labute approximate surface area is 206 Å². The molecular weight excluding hydrogens is 621 g/mol. The Morgan fingerprint density at radius 3 is 1.64 bits per heavy atom. The monoisotopic (exact) mass is 627 g/mol. The number of aromatic nitrogens is 1. The number of ether oxygens (including phenoxy) is 2. The van der Waals surface area contributed by atoms with E-state index in [0.29, 0.717) is 0 Å². The van der Waals surface area contributed by atoms with Gasteiger partial charge in [0.15, 0.2) is 5.84 Å². The fourth-order valence-electron chi connectivity index (χ4n) is 2.27. The van der Waals surface area contributed by atoms with Gasteiger partial charge in [0.1, 0.15) is 0 Å². The zero-order valence-electron chi connectivity index (χ0n) is 17.4. The third-order valence-corrected chi connectivity index (χ3v) is 5.12. The summed E-state index contributed by atoms with van der Waals surface area (Å²) in [5.74, 6) is -25.3. The van der Waals surface area contributed by atoms with Crippen molar-refractivity contribution < 1.29 is 84.1 Å². The van der Waals surface area contributed by atoms with Crippen LogP contribution in [0.3, 0.4) is 0 Å². The third-order valence-electron chi connectivity index (χ3n) is 4.19. The summed E-state index contributed by atoms with van der Waals surface area (Å²) in [5.41, 5.74) is 4.52. The molecule has 0 aliphatic carbocycles. The van der Waals surface area contributed by atoms with Crippen molar-refractivity contribution in [1.82, 2.24) is 4.98 Å². The highest BCUT2D eigenvalue weighted by atomic mass is 32.1. The fraction of sp³-hybridized carbons (Fsp3) is 0.500. The van der Waals surface area contributed by atoms with E-state index in [-0.39, 0.29) is 21.6 Å². The van der Waals surface area contributed by atoms with E-state index in [9.17, 15) is 74.6 Å². The molecule has 2 aromatic rings. The van der Waals surface area contributed by atoms with Crippen molar-refractivity contribution in [2.45, 2.75) is 48.4 Å². The number of halogens is 17. The first-order valence-corrected chi connectivity index (χ1v) is 9.76. The lowest BCUT2D eigenvalue weighted by molar-refractivity contribution is -0.547. The van der Waals surface area contributed by atoms with Crippen molar-refractivity contribution in [3.8, 4) is 0 Å². The van der Waals surface area contributed by atoms with Crippen LogP contribution in [0.2, 0.25) is 0 Å². The van der Waals surface area contributed by atoms with Gasteiger partial charge in [-0.25, -0.2) is 4.98 Å². The third kappa shape index (κ3) is 5.64. The first-order chi connectivity index (χ1) is 17.1. The molecule has 2 unspecified atom stereocenters. The van der Waals surface area contributed by atoms with Crippen molar-refractivity contribution in [3.63, 3.8) is 0 Å². The summed E-state index contributed by atoms with van der Waals surface area (Å²) >= 11 is 0.270. The Morgan fingerprint density at radius 1 is 0.692 bits per heavy atom. The molecule has 1 aromatic carbocycles. The van der Waals surface area contributed by atoms with Gasteiger partial charge in [-0.2, -0.15) is 79.6 Å². The van der Waals surface area contributed by atoms with E-state index in [0.717, 1.165) is 0 Å². The number of nitrogens with zero attached hydrogens (tertiary/aromatic N) is 2. The van der Waals surface area contributed by atoms with E-state index in [4.69, 9.17) is 0 Å². The molecule has 0 amide bonds. The van der Waals surface area contributed by atoms with Crippen molar-refractivity contribution in [2.24, 2.45) is 10.7 Å². The molecule has 0 saturated carbocycles. The second kappa shape index (κ2) is 9.45. The maximum absolute atomic E-state index is 14.7. The van der Waals surface area contributed by atoms with Crippen LogP contribution >= 0.6 is 11.3 Å². The van der Waals surface area contributed by atoms with Crippen LogP contribution in [0.25, 0.3) is 10.2 Å². The molecule has 39 heavy (non-hydrogen) atoms. The van der Waals surface area contributed by atoms with Crippen molar-refractivity contribution in [3.05, 3.63) is 24.3 Å². The maximum atomic E-state index is 14.7. The summed E-state index contributed by atoms with van der Waals surface area (Å²) in [6, 6.07) is 5.03. The molecule has 0 fully saturated rings. The van der Waals surface area contributed by atoms with Crippen molar-refractivity contribution in [2.75, 3.05) is 0 Å². The minimum absolute atomic E-state index is 0.0767. The molecule has 2 rings (SSSR count). The standard InChI is InChI=1S/C16H6F17N3O2S/c17-9(12(21,22)23,7(34)36-8-35-5-3-1-2-4-6(5)39-8)37-16(32,33)11(20,14(27,28)29)38-15(30,31)10(18,19)13(24,25)26/h1-4H,(H2,34,35,36). The molecule has 222 valence electrons. The second-order valence-corrected chi connectivity index (χ2v) is 7.97. The number of aliphatic imine (C=N–C) groups is 1. The summed E-state index contributed by atoms with van der Waals surface area (Å²) < 4.78 is 228. The largest absolute Gasteiger partial charge is 0.462 e. The molecule has 0 bridgehead atoms. The number of alkyl halides is 17. The molecule has 23 heteroatoms. The molecule has 0 radical (unpaired) electrons. The van der Waals surface area contributed by atoms with Gasteiger partial charge in [-0.05, 0) is 12.1 Å². The predicted molar refractivity (Wildman–Crippen MR) is 93.8 cm³/mol. The van der Waals surface area contributed by atoms with E-state index in [1.807, 2.05) is 0 Å². The minimum Gasteiger partial charge on any atom is -0.382 e. The Kier molecular flexibility index (Phi) is 7.88. The zero-order chi connectivity index (χ0) is 30.7. The highest BCUT2D eigenvalue weighted by Crippen LogP contribution is 2.56. The molecule has 1 aromatic heterocycles. The molecule has 2 atom stereocenters. The molecule has 0 spiro atoms. The molecule has 5 nitrogen and oxygen atoms in total. The van der Waals surface area contributed by atoms with Crippen LogP contribution in [0.1, 0.15) is 0 Å². The lowest BCUT2D eigenvalue weighted by Crippen LogP contribution is -2.68. The molecule has 0 aliphatic heterocycles. The number of fused-ring (bicyclic) bond motifs is 1. The summed E-state index contributed by atoms with van der Waals surface area (Å²) in [5, 5.41) is -1.01. The highest BCUT2D eigenvalue weighted by Gasteiger charge is 2.85. The number of para-hydroxylation sites is 1. The van der Waals surface area contributed by atoms with Crippen LogP contribution in [0.5, 0.6) is 0 Å². The van der Waals surface area contributed by atoms with Crippen LogP contribution in [0.4, 0.5) is 79.8 Å². The number of thiazole rings is 1. The van der Waals surface area contributed by atoms with E-state index in [1.165, 1.54) is 29.0 Å². The molecular formula is C16H6F17N3O2S. The topological polar surface area (TPSA) is 69.7 Å². The highest BCUT2D eigenvalue weighted by molar-refractivity contribution is 7.22. The smallest absolute Gasteiger partial charge is 0.382 e. The first kappa shape index (κ1) is 32.5. The fourth-order valence-corrected chi connectivity index (χ4v) is 3.12. The zero-order valence-corrected chi connectivity index (χ0v) is 18.2. The number of hydrogen-bond donors (Lipinski definition) is 1. The summed E-state index contributed by atoms with van der Waals surface area (Å²) in [7, 11) is 0. The minimum atomic E-state index is -8.00. The SMILES string of the molecule is NC(=Nc1nc2ccccc2s1)C(F)(OC(F)(F)C(F)(OC(F)(F)C(F)(F)C(F)(F)F)C(F)(F)F)C(F)(F)F. The Bertz CT molecular complexity index is 1190.